The van der Waals surface area contributed by atoms with Crippen LogP contribution in [0.3, 0.4) is 0 Å². The number of hydrogen-bond acceptors (Lipinski definition) is 1. The van der Waals surface area contributed by atoms with Gasteiger partial charge in [0.15, 0.2) is 0 Å². The van der Waals surface area contributed by atoms with Crippen molar-refractivity contribution < 1.29 is 5.11 Å². The Morgan fingerprint density at radius 2 is 1.71 bits per heavy atom. The molecule has 0 saturated carbocycles. The highest BCUT2D eigenvalue weighted by Crippen LogP contribution is 2.25. The van der Waals surface area contributed by atoms with Gasteiger partial charge in [-0.1, -0.05) is 39.8 Å². The molecule has 0 aromatic heterocycles. The zero-order chi connectivity index (χ0) is 11.0. The fraction of sp³-hybridized carbons (Fsp3) is 0.538. The summed E-state index contributed by atoms with van der Waals surface area (Å²) < 4.78 is 0. The van der Waals surface area contributed by atoms with Crippen molar-refractivity contribution in [3.63, 3.8) is 0 Å². The molecule has 1 rings (SSSR count). The second-order valence-electron chi connectivity index (χ2n) is 3.11. The number of phenolic OH excluding ortho intramolecular Hbond substituents is 1. The van der Waals surface area contributed by atoms with Gasteiger partial charge in [0.2, 0.25) is 0 Å². The van der Waals surface area contributed by atoms with Gasteiger partial charge in [0, 0.05) is 0 Å². The largest absolute Gasteiger partial charge is 0.508 e. The molecule has 0 spiro atoms. The van der Waals surface area contributed by atoms with Gasteiger partial charge in [-0.2, -0.15) is 0 Å². The molecule has 80 valence electrons. The summed E-state index contributed by atoms with van der Waals surface area (Å²) in [5, 5.41) is 9.25. The highest BCUT2D eigenvalue weighted by molar-refractivity contribution is 5.29. The maximum atomic E-state index is 9.25. The van der Waals surface area contributed by atoms with Crippen LogP contribution in [0.2, 0.25) is 0 Å². The average molecular weight is 194 g/mol. The van der Waals surface area contributed by atoms with Crippen LogP contribution in [-0.4, -0.2) is 5.11 Å². The molecule has 0 amide bonds. The Morgan fingerprint density at radius 3 is 2.14 bits per heavy atom. The first-order valence-corrected chi connectivity index (χ1v) is 5.56. The molecular formula is C13H22O. The Balaban J connectivity index is 0.000000791. The minimum absolute atomic E-state index is 0.374. The number of hydrogen-bond donors (Lipinski definition) is 1. The zero-order valence-corrected chi connectivity index (χ0v) is 9.75. The van der Waals surface area contributed by atoms with Crippen molar-refractivity contribution in [1.82, 2.24) is 0 Å². The van der Waals surface area contributed by atoms with Crippen LogP contribution in [0.5, 0.6) is 5.75 Å². The zero-order valence-electron chi connectivity index (χ0n) is 9.75. The lowest BCUT2D eigenvalue weighted by Crippen LogP contribution is -1.94. The van der Waals surface area contributed by atoms with E-state index >= 15 is 0 Å². The van der Waals surface area contributed by atoms with Crippen molar-refractivity contribution >= 4 is 0 Å². The van der Waals surface area contributed by atoms with Crippen LogP contribution in [-0.2, 0) is 0 Å². The first-order valence-electron chi connectivity index (χ1n) is 5.56. The van der Waals surface area contributed by atoms with Crippen molar-refractivity contribution in [3.05, 3.63) is 29.8 Å². The summed E-state index contributed by atoms with van der Waals surface area (Å²) >= 11 is 0. The van der Waals surface area contributed by atoms with Gasteiger partial charge in [-0.3, -0.25) is 0 Å². The summed E-state index contributed by atoms with van der Waals surface area (Å²) in [7, 11) is 0. The highest BCUT2D eigenvalue weighted by Gasteiger charge is 2.06. The molecule has 1 aromatic carbocycles. The van der Waals surface area contributed by atoms with Crippen LogP contribution in [0.25, 0.3) is 0 Å². The molecule has 0 atom stereocenters. The number of phenols is 1. The van der Waals surface area contributed by atoms with E-state index in [0.29, 0.717) is 11.7 Å². The van der Waals surface area contributed by atoms with Gasteiger partial charge < -0.3 is 5.11 Å². The Kier molecular flexibility index (Phi) is 6.91. The van der Waals surface area contributed by atoms with Gasteiger partial charge in [-0.15, -0.1) is 0 Å². The van der Waals surface area contributed by atoms with E-state index in [1.54, 1.807) is 6.07 Å². The van der Waals surface area contributed by atoms with Gasteiger partial charge in [-0.05, 0) is 36.5 Å². The lowest BCUT2D eigenvalue weighted by atomic mass is 9.94. The van der Waals surface area contributed by atoms with Crippen molar-refractivity contribution in [2.45, 2.75) is 46.5 Å². The molecule has 0 aliphatic carbocycles. The van der Waals surface area contributed by atoms with Gasteiger partial charge in [0.05, 0.1) is 0 Å². The lowest BCUT2D eigenvalue weighted by Gasteiger charge is -2.12. The molecule has 0 bridgehead atoms. The minimum Gasteiger partial charge on any atom is -0.508 e. The predicted octanol–water partition coefficient (Wildman–Crippen LogP) is 4.32. The van der Waals surface area contributed by atoms with Gasteiger partial charge in [0.1, 0.15) is 5.75 Å². The second-order valence-corrected chi connectivity index (χ2v) is 3.11. The van der Waals surface area contributed by atoms with Crippen LogP contribution in [0.4, 0.5) is 0 Å². The summed E-state index contributed by atoms with van der Waals surface area (Å²) in [4.78, 5) is 0. The Labute approximate surface area is 87.8 Å². The smallest absolute Gasteiger partial charge is 0.115 e. The summed E-state index contributed by atoms with van der Waals surface area (Å²) in [6.07, 6.45) is 2.28. The highest BCUT2D eigenvalue weighted by atomic mass is 16.3. The molecule has 0 saturated heterocycles. The van der Waals surface area contributed by atoms with Gasteiger partial charge >= 0.3 is 0 Å². The Bertz CT molecular complexity index is 239. The molecule has 1 N–H and O–H groups in total. The van der Waals surface area contributed by atoms with E-state index in [2.05, 4.69) is 19.9 Å². The van der Waals surface area contributed by atoms with Crippen LogP contribution in [0.1, 0.15) is 52.0 Å². The Morgan fingerprint density at radius 1 is 1.14 bits per heavy atom. The number of aromatic hydroxyl groups is 1. The molecule has 0 aliphatic rings. The molecule has 0 radical (unpaired) electrons. The number of rotatable bonds is 3. The summed E-state index contributed by atoms with van der Waals surface area (Å²) in [6.45, 7) is 8.36. The van der Waals surface area contributed by atoms with Crippen LogP contribution >= 0.6 is 0 Å². The normalized spacial score (nSPS) is 9.50. The molecule has 0 fully saturated rings. The molecular weight excluding hydrogens is 172 g/mol. The van der Waals surface area contributed by atoms with Crippen molar-refractivity contribution in [2.24, 2.45) is 0 Å². The van der Waals surface area contributed by atoms with Crippen LogP contribution in [0, 0.1) is 0 Å². The average Bonchev–Trinajstić information content (AvgIpc) is 2.23. The van der Waals surface area contributed by atoms with E-state index in [1.807, 2.05) is 26.0 Å². The quantitative estimate of drug-likeness (QED) is 0.759. The van der Waals surface area contributed by atoms with Crippen LogP contribution < -0.4 is 0 Å². The van der Waals surface area contributed by atoms with E-state index < -0.39 is 0 Å². The van der Waals surface area contributed by atoms with Crippen molar-refractivity contribution in [1.29, 1.82) is 0 Å². The third-order valence-electron chi connectivity index (χ3n) is 2.33. The standard InChI is InChI=1S/C11H16O.C2H6/c1-3-9(4-2)10-6-5-7-11(12)8-10;1-2/h5-9,12H,3-4H2,1-2H3;1-2H3. The van der Waals surface area contributed by atoms with E-state index in [-0.39, 0.29) is 0 Å². The van der Waals surface area contributed by atoms with E-state index in [0.717, 1.165) is 12.8 Å². The molecule has 1 nitrogen and oxygen atoms in total. The van der Waals surface area contributed by atoms with Crippen LogP contribution in [0.15, 0.2) is 24.3 Å². The topological polar surface area (TPSA) is 20.2 Å². The Hall–Kier alpha value is -0.980. The maximum absolute atomic E-state index is 9.25. The SMILES string of the molecule is CC.CCC(CC)c1cccc(O)c1. The van der Waals surface area contributed by atoms with E-state index in [9.17, 15) is 5.11 Å². The molecule has 1 aromatic rings. The summed E-state index contributed by atoms with van der Waals surface area (Å²) in [5.41, 5.74) is 1.25. The van der Waals surface area contributed by atoms with E-state index in [1.165, 1.54) is 5.56 Å². The van der Waals surface area contributed by atoms with Crippen molar-refractivity contribution in [2.75, 3.05) is 0 Å². The molecule has 0 unspecified atom stereocenters. The fourth-order valence-electron chi connectivity index (χ4n) is 1.54. The fourth-order valence-corrected chi connectivity index (χ4v) is 1.54. The molecule has 0 heterocycles. The monoisotopic (exact) mass is 194 g/mol. The summed E-state index contributed by atoms with van der Waals surface area (Å²) in [6, 6.07) is 7.56. The second kappa shape index (κ2) is 7.43. The first kappa shape index (κ1) is 13.0. The van der Waals surface area contributed by atoms with E-state index in [4.69, 9.17) is 0 Å². The number of benzene rings is 1. The van der Waals surface area contributed by atoms with Gasteiger partial charge in [0.25, 0.3) is 0 Å². The van der Waals surface area contributed by atoms with Crippen molar-refractivity contribution in [3.8, 4) is 5.75 Å². The van der Waals surface area contributed by atoms with Gasteiger partial charge in [-0.25, -0.2) is 0 Å². The first-order chi connectivity index (χ1) is 6.77. The molecule has 0 aliphatic heterocycles. The molecule has 1 heteroatoms. The maximum Gasteiger partial charge on any atom is 0.115 e. The molecule has 14 heavy (non-hydrogen) atoms. The predicted molar refractivity (Wildman–Crippen MR) is 62.8 cm³/mol. The third-order valence-corrected chi connectivity index (χ3v) is 2.33. The minimum atomic E-state index is 0.374. The summed E-state index contributed by atoms with van der Waals surface area (Å²) in [5.74, 6) is 0.969. The third kappa shape index (κ3) is 3.82. The lowest BCUT2D eigenvalue weighted by molar-refractivity contribution is 0.473.